The molecular weight excluding hydrogens is 262 g/mol. The third-order valence-electron chi connectivity index (χ3n) is 2.92. The maximum Gasteiger partial charge on any atom is 0.240 e. The summed E-state index contributed by atoms with van der Waals surface area (Å²) in [6.07, 6.45) is 2.85. The summed E-state index contributed by atoms with van der Waals surface area (Å²) in [5.41, 5.74) is 1.42. The topological polar surface area (TPSA) is 82.0 Å². The molecule has 0 saturated carbocycles. The minimum Gasteiger partial charge on any atom is -0.313 e. The third-order valence-corrected chi connectivity index (χ3v) is 4.32. The fourth-order valence-electron chi connectivity index (χ4n) is 1.83. The highest BCUT2D eigenvalue weighted by Gasteiger charge is 2.15. The van der Waals surface area contributed by atoms with Gasteiger partial charge < -0.3 is 5.32 Å². The lowest BCUT2D eigenvalue weighted by atomic mass is 10.1. The lowest BCUT2D eigenvalue weighted by Gasteiger charge is -2.14. The molecule has 0 aliphatic carbocycles. The zero-order valence-electron chi connectivity index (χ0n) is 10.4. The quantitative estimate of drug-likeness (QED) is 0.796. The Morgan fingerprint density at radius 2 is 2.26 bits per heavy atom. The normalized spacial score (nSPS) is 15.6. The van der Waals surface area contributed by atoms with Gasteiger partial charge in [0.1, 0.15) is 0 Å². The van der Waals surface area contributed by atoms with Gasteiger partial charge in [-0.15, -0.1) is 0 Å². The van der Waals surface area contributed by atoms with Crippen molar-refractivity contribution in [2.75, 3.05) is 19.6 Å². The van der Waals surface area contributed by atoms with E-state index in [4.69, 9.17) is 5.26 Å². The first-order valence-corrected chi connectivity index (χ1v) is 7.48. The van der Waals surface area contributed by atoms with Crippen molar-refractivity contribution in [1.29, 1.82) is 5.26 Å². The zero-order chi connectivity index (χ0) is 13.7. The molecule has 0 fully saturated rings. The van der Waals surface area contributed by atoms with Crippen molar-refractivity contribution in [3.8, 4) is 6.07 Å². The van der Waals surface area contributed by atoms with Crippen molar-refractivity contribution >= 4 is 10.0 Å². The second kappa shape index (κ2) is 5.97. The average Bonchev–Trinajstić information content (AvgIpc) is 2.46. The molecule has 1 aromatic rings. The van der Waals surface area contributed by atoms with Gasteiger partial charge >= 0.3 is 0 Å². The predicted molar refractivity (Wildman–Crippen MR) is 71.9 cm³/mol. The lowest BCUT2D eigenvalue weighted by molar-refractivity contribution is 0.582. The minimum absolute atomic E-state index is 0.126. The van der Waals surface area contributed by atoms with Crippen LogP contribution in [0.15, 0.2) is 40.8 Å². The molecule has 1 aromatic carbocycles. The van der Waals surface area contributed by atoms with Crippen LogP contribution in [0.3, 0.4) is 0 Å². The Bertz CT molecular complexity index is 630. The summed E-state index contributed by atoms with van der Waals surface area (Å²) >= 11 is 0. The van der Waals surface area contributed by atoms with Crippen molar-refractivity contribution in [2.45, 2.75) is 11.3 Å². The van der Waals surface area contributed by atoms with Gasteiger partial charge in [-0.05, 0) is 31.2 Å². The number of hydrogen-bond acceptors (Lipinski definition) is 4. The molecule has 1 aliphatic rings. The Hall–Kier alpha value is -1.68. The Morgan fingerprint density at radius 3 is 2.95 bits per heavy atom. The standard InChI is InChI=1S/C13H15N3O2S/c14-9-12-2-1-3-13(8-12)19(17,18)16-10-11-4-6-15-7-5-11/h1-4,8,15-16H,5-7,10H2. The van der Waals surface area contributed by atoms with Crippen molar-refractivity contribution < 1.29 is 8.42 Å². The van der Waals surface area contributed by atoms with Gasteiger partial charge in [-0.2, -0.15) is 5.26 Å². The Labute approximate surface area is 113 Å². The van der Waals surface area contributed by atoms with Crippen molar-refractivity contribution in [3.05, 3.63) is 41.5 Å². The summed E-state index contributed by atoms with van der Waals surface area (Å²) in [4.78, 5) is 0.126. The predicted octanol–water partition coefficient (Wildman–Crippen LogP) is 0.756. The largest absolute Gasteiger partial charge is 0.313 e. The molecule has 0 bridgehead atoms. The summed E-state index contributed by atoms with van der Waals surface area (Å²) in [6, 6.07) is 7.94. The van der Waals surface area contributed by atoms with Gasteiger partial charge in [0, 0.05) is 13.1 Å². The van der Waals surface area contributed by atoms with Crippen LogP contribution in [-0.2, 0) is 10.0 Å². The zero-order valence-corrected chi connectivity index (χ0v) is 11.2. The van der Waals surface area contributed by atoms with Crippen molar-refractivity contribution in [3.63, 3.8) is 0 Å². The first-order valence-electron chi connectivity index (χ1n) is 6.00. The lowest BCUT2D eigenvalue weighted by Crippen LogP contribution is -2.29. The molecule has 5 nitrogen and oxygen atoms in total. The maximum atomic E-state index is 12.1. The highest BCUT2D eigenvalue weighted by molar-refractivity contribution is 7.89. The maximum absolute atomic E-state index is 12.1. The van der Waals surface area contributed by atoms with Crippen molar-refractivity contribution in [1.82, 2.24) is 10.0 Å². The van der Waals surface area contributed by atoms with Gasteiger partial charge in [0.05, 0.1) is 16.5 Å². The SMILES string of the molecule is N#Cc1cccc(S(=O)(=O)NCC2=CCNCC2)c1. The monoisotopic (exact) mass is 277 g/mol. The summed E-state index contributed by atoms with van der Waals surface area (Å²) in [6.45, 7) is 1.97. The summed E-state index contributed by atoms with van der Waals surface area (Å²) in [5, 5.41) is 11.9. The second-order valence-corrected chi connectivity index (χ2v) is 6.05. The molecule has 1 heterocycles. The van der Waals surface area contributed by atoms with Crippen LogP contribution in [0.2, 0.25) is 0 Å². The molecule has 0 radical (unpaired) electrons. The van der Waals surface area contributed by atoms with Crippen LogP contribution in [0.4, 0.5) is 0 Å². The molecule has 0 saturated heterocycles. The number of nitriles is 1. The third kappa shape index (κ3) is 3.64. The van der Waals surface area contributed by atoms with Gasteiger partial charge in [0.25, 0.3) is 0 Å². The molecule has 6 heteroatoms. The molecule has 19 heavy (non-hydrogen) atoms. The number of nitrogens with zero attached hydrogens (tertiary/aromatic N) is 1. The Morgan fingerprint density at radius 1 is 1.42 bits per heavy atom. The molecular formula is C13H15N3O2S. The van der Waals surface area contributed by atoms with E-state index in [0.29, 0.717) is 12.1 Å². The second-order valence-electron chi connectivity index (χ2n) is 4.28. The molecule has 0 spiro atoms. The average molecular weight is 277 g/mol. The summed E-state index contributed by atoms with van der Waals surface area (Å²) in [7, 11) is -3.55. The van der Waals surface area contributed by atoms with Crippen molar-refractivity contribution in [2.24, 2.45) is 0 Å². The van der Waals surface area contributed by atoms with E-state index in [2.05, 4.69) is 10.0 Å². The first-order chi connectivity index (χ1) is 9.12. The van der Waals surface area contributed by atoms with Crippen LogP contribution in [0.5, 0.6) is 0 Å². The van der Waals surface area contributed by atoms with E-state index in [-0.39, 0.29) is 4.90 Å². The molecule has 2 N–H and O–H groups in total. The molecule has 1 aliphatic heterocycles. The van der Waals surface area contributed by atoms with Crippen LogP contribution in [-0.4, -0.2) is 28.1 Å². The van der Waals surface area contributed by atoms with Crippen LogP contribution < -0.4 is 10.0 Å². The van der Waals surface area contributed by atoms with E-state index >= 15 is 0 Å². The van der Waals surface area contributed by atoms with Gasteiger partial charge in [-0.3, -0.25) is 0 Å². The fraction of sp³-hybridized carbons (Fsp3) is 0.308. The smallest absolute Gasteiger partial charge is 0.240 e. The molecule has 2 rings (SSSR count). The molecule has 0 unspecified atom stereocenters. The summed E-state index contributed by atoms with van der Waals surface area (Å²) < 4.78 is 26.7. The van der Waals surface area contributed by atoms with E-state index in [1.165, 1.54) is 12.1 Å². The molecule has 100 valence electrons. The molecule has 0 aromatic heterocycles. The van der Waals surface area contributed by atoms with E-state index in [1.807, 2.05) is 12.1 Å². The number of rotatable bonds is 4. The minimum atomic E-state index is -3.55. The van der Waals surface area contributed by atoms with Crippen LogP contribution >= 0.6 is 0 Å². The highest BCUT2D eigenvalue weighted by Crippen LogP contribution is 2.12. The number of nitrogens with one attached hydrogen (secondary N) is 2. The first kappa shape index (κ1) is 13.7. The van der Waals surface area contributed by atoms with Gasteiger partial charge in [0.15, 0.2) is 0 Å². The fourth-order valence-corrected chi connectivity index (χ4v) is 2.92. The number of hydrogen-bond donors (Lipinski definition) is 2. The molecule has 0 atom stereocenters. The van der Waals surface area contributed by atoms with Gasteiger partial charge in [0.2, 0.25) is 10.0 Å². The Kier molecular flexibility index (Phi) is 4.32. The number of benzene rings is 1. The van der Waals surface area contributed by atoms with Gasteiger partial charge in [-0.1, -0.05) is 17.7 Å². The van der Waals surface area contributed by atoms with Crippen LogP contribution in [0, 0.1) is 11.3 Å². The van der Waals surface area contributed by atoms with Crippen LogP contribution in [0.1, 0.15) is 12.0 Å². The van der Waals surface area contributed by atoms with E-state index in [1.54, 1.807) is 12.1 Å². The van der Waals surface area contributed by atoms with E-state index in [9.17, 15) is 8.42 Å². The molecule has 0 amide bonds. The van der Waals surface area contributed by atoms with E-state index < -0.39 is 10.0 Å². The van der Waals surface area contributed by atoms with Crippen LogP contribution in [0.25, 0.3) is 0 Å². The highest BCUT2D eigenvalue weighted by atomic mass is 32.2. The Balaban J connectivity index is 2.09. The van der Waals surface area contributed by atoms with Gasteiger partial charge in [-0.25, -0.2) is 13.1 Å². The summed E-state index contributed by atoms with van der Waals surface area (Å²) in [5.74, 6) is 0. The van der Waals surface area contributed by atoms with E-state index in [0.717, 1.165) is 25.1 Å². The number of sulfonamides is 1.